The highest BCUT2D eigenvalue weighted by molar-refractivity contribution is 9.10. The van der Waals surface area contributed by atoms with E-state index in [0.717, 1.165) is 10.9 Å². The topological polar surface area (TPSA) is 32.3 Å². The number of hydrogen-bond acceptors (Lipinski definition) is 2. The van der Waals surface area contributed by atoms with Gasteiger partial charge in [-0.25, -0.2) is 0 Å². The summed E-state index contributed by atoms with van der Waals surface area (Å²) in [6.45, 7) is 9.00. The number of nitrogens with one attached hydrogen (secondary N) is 1. The van der Waals surface area contributed by atoms with E-state index >= 15 is 0 Å². The fourth-order valence-electron chi connectivity index (χ4n) is 2.04. The molecule has 18 heavy (non-hydrogen) atoms. The molecule has 2 unspecified atom stereocenters. The van der Waals surface area contributed by atoms with E-state index in [1.807, 2.05) is 0 Å². The number of aliphatic hydroxyl groups excluding tert-OH is 1. The lowest BCUT2D eigenvalue weighted by Gasteiger charge is -2.34. The maximum atomic E-state index is 9.17. The summed E-state index contributed by atoms with van der Waals surface area (Å²) in [5.41, 5.74) is 1.41. The van der Waals surface area contributed by atoms with Crippen molar-refractivity contribution in [3.8, 4) is 0 Å². The first-order valence-electron chi connectivity index (χ1n) is 6.47. The third kappa shape index (κ3) is 4.71. The van der Waals surface area contributed by atoms with Gasteiger partial charge in [0.1, 0.15) is 0 Å². The predicted octanol–water partition coefficient (Wildman–Crippen LogP) is 3.90. The number of benzene rings is 1. The van der Waals surface area contributed by atoms with Crippen LogP contribution in [0.5, 0.6) is 0 Å². The Bertz CT molecular complexity index is 356. The molecule has 0 aliphatic rings. The van der Waals surface area contributed by atoms with E-state index < -0.39 is 0 Å². The second-order valence-electron chi connectivity index (χ2n) is 5.87. The fraction of sp³-hybridized carbons (Fsp3) is 0.600. The van der Waals surface area contributed by atoms with Crippen molar-refractivity contribution in [2.45, 2.75) is 46.2 Å². The molecule has 0 radical (unpaired) electrons. The van der Waals surface area contributed by atoms with Crippen molar-refractivity contribution in [1.29, 1.82) is 0 Å². The van der Waals surface area contributed by atoms with Crippen LogP contribution in [0.3, 0.4) is 0 Å². The van der Waals surface area contributed by atoms with Crippen LogP contribution in [-0.2, 0) is 0 Å². The summed E-state index contributed by atoms with van der Waals surface area (Å²) in [5.74, 6) is 0. The van der Waals surface area contributed by atoms with Gasteiger partial charge in [0.2, 0.25) is 0 Å². The zero-order valence-corrected chi connectivity index (χ0v) is 13.3. The Morgan fingerprint density at radius 3 is 2.22 bits per heavy atom. The Labute approximate surface area is 119 Å². The van der Waals surface area contributed by atoms with Gasteiger partial charge in [0.15, 0.2) is 0 Å². The van der Waals surface area contributed by atoms with Gasteiger partial charge in [-0.3, -0.25) is 0 Å². The van der Waals surface area contributed by atoms with Gasteiger partial charge in [0.05, 0.1) is 0 Å². The lowest BCUT2D eigenvalue weighted by Crippen LogP contribution is -2.42. The van der Waals surface area contributed by atoms with Gasteiger partial charge in [-0.15, -0.1) is 0 Å². The van der Waals surface area contributed by atoms with Gasteiger partial charge < -0.3 is 10.4 Å². The van der Waals surface area contributed by atoms with Gasteiger partial charge >= 0.3 is 0 Å². The first-order valence-corrected chi connectivity index (χ1v) is 7.26. The molecule has 0 amide bonds. The van der Waals surface area contributed by atoms with Crippen LogP contribution < -0.4 is 5.32 Å². The van der Waals surface area contributed by atoms with E-state index in [-0.39, 0.29) is 18.1 Å². The summed E-state index contributed by atoms with van der Waals surface area (Å²) in [6, 6.07) is 8.97. The van der Waals surface area contributed by atoms with Gasteiger partial charge in [-0.05, 0) is 36.5 Å². The molecule has 0 aromatic heterocycles. The van der Waals surface area contributed by atoms with Crippen LogP contribution in [0.25, 0.3) is 0 Å². The summed E-state index contributed by atoms with van der Waals surface area (Å²) >= 11 is 3.45. The van der Waals surface area contributed by atoms with Crippen LogP contribution in [0.2, 0.25) is 0 Å². The highest BCUT2D eigenvalue weighted by Gasteiger charge is 2.25. The minimum Gasteiger partial charge on any atom is -0.396 e. The molecule has 2 nitrogen and oxygen atoms in total. The molecule has 0 spiro atoms. The summed E-state index contributed by atoms with van der Waals surface area (Å²) in [7, 11) is 0. The molecule has 0 saturated carbocycles. The molecular formula is C15H24BrNO. The summed E-state index contributed by atoms with van der Waals surface area (Å²) in [4.78, 5) is 0. The highest BCUT2D eigenvalue weighted by atomic mass is 79.9. The average molecular weight is 314 g/mol. The van der Waals surface area contributed by atoms with E-state index in [1.54, 1.807) is 0 Å². The van der Waals surface area contributed by atoms with Crippen molar-refractivity contribution in [2.75, 3.05) is 6.61 Å². The Hall–Kier alpha value is -0.380. The van der Waals surface area contributed by atoms with E-state index in [2.05, 4.69) is 73.2 Å². The molecule has 0 bridgehead atoms. The minimum atomic E-state index is 0.145. The van der Waals surface area contributed by atoms with Crippen molar-refractivity contribution >= 4 is 15.9 Å². The molecule has 2 N–H and O–H groups in total. The Morgan fingerprint density at radius 2 is 1.78 bits per heavy atom. The first kappa shape index (κ1) is 15.7. The van der Waals surface area contributed by atoms with Gasteiger partial charge in [0.25, 0.3) is 0 Å². The Kier molecular flexibility index (Phi) is 5.83. The number of halogens is 1. The van der Waals surface area contributed by atoms with Crippen molar-refractivity contribution in [3.05, 3.63) is 34.3 Å². The van der Waals surface area contributed by atoms with Crippen LogP contribution in [0.15, 0.2) is 28.7 Å². The molecule has 0 saturated heterocycles. The summed E-state index contributed by atoms with van der Waals surface area (Å²) < 4.78 is 1.10. The quantitative estimate of drug-likeness (QED) is 0.864. The lowest BCUT2D eigenvalue weighted by atomic mass is 9.84. The molecule has 0 aliphatic heterocycles. The largest absolute Gasteiger partial charge is 0.396 e. The molecule has 2 atom stereocenters. The van der Waals surface area contributed by atoms with E-state index in [0.29, 0.717) is 6.04 Å². The smallest absolute Gasteiger partial charge is 0.0446 e. The van der Waals surface area contributed by atoms with Crippen molar-refractivity contribution in [1.82, 2.24) is 5.32 Å². The Balaban J connectivity index is 2.72. The van der Waals surface area contributed by atoms with Gasteiger partial charge in [-0.2, -0.15) is 0 Å². The normalized spacial score (nSPS) is 15.4. The number of hydrogen-bond donors (Lipinski definition) is 2. The van der Waals surface area contributed by atoms with E-state index in [1.165, 1.54) is 5.56 Å². The molecule has 0 aliphatic carbocycles. The number of aliphatic hydroxyl groups is 1. The lowest BCUT2D eigenvalue weighted by molar-refractivity contribution is 0.188. The zero-order chi connectivity index (χ0) is 13.8. The predicted molar refractivity (Wildman–Crippen MR) is 80.6 cm³/mol. The standard InChI is InChI=1S/C15H24BrNO/c1-11(12-5-7-13(16)8-6-12)17-14(9-10-18)15(2,3)4/h5-8,11,14,17-18H,9-10H2,1-4H3. The van der Waals surface area contributed by atoms with Crippen molar-refractivity contribution < 1.29 is 5.11 Å². The van der Waals surface area contributed by atoms with Crippen LogP contribution >= 0.6 is 15.9 Å². The summed E-state index contributed by atoms with van der Waals surface area (Å²) in [6.07, 6.45) is 0.782. The molecule has 1 aromatic carbocycles. The van der Waals surface area contributed by atoms with Gasteiger partial charge in [0, 0.05) is 23.2 Å². The molecular weight excluding hydrogens is 290 g/mol. The number of rotatable bonds is 5. The molecule has 3 heteroatoms. The molecule has 102 valence electrons. The molecule has 0 heterocycles. The molecule has 0 fully saturated rings. The second-order valence-corrected chi connectivity index (χ2v) is 6.79. The third-order valence-electron chi connectivity index (χ3n) is 3.28. The van der Waals surface area contributed by atoms with Gasteiger partial charge in [-0.1, -0.05) is 48.8 Å². The maximum Gasteiger partial charge on any atom is 0.0446 e. The average Bonchev–Trinajstić information content (AvgIpc) is 2.28. The van der Waals surface area contributed by atoms with Crippen LogP contribution in [0.4, 0.5) is 0 Å². The van der Waals surface area contributed by atoms with E-state index in [4.69, 9.17) is 0 Å². The second kappa shape index (κ2) is 6.69. The van der Waals surface area contributed by atoms with Crippen LogP contribution in [0.1, 0.15) is 45.7 Å². The van der Waals surface area contributed by atoms with Crippen molar-refractivity contribution in [2.24, 2.45) is 5.41 Å². The minimum absolute atomic E-state index is 0.145. The van der Waals surface area contributed by atoms with E-state index in [9.17, 15) is 5.11 Å². The SMILES string of the molecule is CC(NC(CCO)C(C)(C)C)c1ccc(Br)cc1. The Morgan fingerprint density at radius 1 is 1.22 bits per heavy atom. The monoisotopic (exact) mass is 313 g/mol. The van der Waals surface area contributed by atoms with Crippen LogP contribution in [0, 0.1) is 5.41 Å². The van der Waals surface area contributed by atoms with Crippen LogP contribution in [-0.4, -0.2) is 17.8 Å². The zero-order valence-electron chi connectivity index (χ0n) is 11.7. The highest BCUT2D eigenvalue weighted by Crippen LogP contribution is 2.25. The fourth-order valence-corrected chi connectivity index (χ4v) is 2.31. The van der Waals surface area contributed by atoms with Crippen molar-refractivity contribution in [3.63, 3.8) is 0 Å². The first-order chi connectivity index (χ1) is 8.34. The maximum absolute atomic E-state index is 9.17. The third-order valence-corrected chi connectivity index (χ3v) is 3.81. The summed E-state index contributed by atoms with van der Waals surface area (Å²) in [5, 5.41) is 12.8. The molecule has 1 aromatic rings. The molecule has 1 rings (SSSR count).